The number of nitrogens with one attached hydrogen (secondary N) is 1. The lowest BCUT2D eigenvalue weighted by molar-refractivity contribution is 0.424. The smallest absolute Gasteiger partial charge is 0.241 e. The van der Waals surface area contributed by atoms with E-state index in [9.17, 15) is 12.8 Å². The van der Waals surface area contributed by atoms with E-state index in [0.29, 0.717) is 0 Å². The van der Waals surface area contributed by atoms with Crippen LogP contribution in [0, 0.1) is 5.82 Å². The first kappa shape index (κ1) is 16.2. The van der Waals surface area contributed by atoms with Gasteiger partial charge in [-0.1, -0.05) is 11.6 Å². The Morgan fingerprint density at radius 2 is 2.10 bits per heavy atom. The highest BCUT2D eigenvalue weighted by Crippen LogP contribution is 2.31. The van der Waals surface area contributed by atoms with E-state index in [1.807, 2.05) is 0 Å². The van der Waals surface area contributed by atoms with Crippen LogP contribution in [0.25, 0.3) is 0 Å². The summed E-state index contributed by atoms with van der Waals surface area (Å²) in [6, 6.07) is 5.23. The molecule has 1 N–H and O–H groups in total. The molecular formula is C12H9BrClFN2O3S. The SMILES string of the molecule is CNS(=O)(=O)c1cnc(Oc2ccc(Cl)cc2F)c(Br)c1. The number of rotatable bonds is 4. The molecular weight excluding hydrogens is 387 g/mol. The fourth-order valence-electron chi connectivity index (χ4n) is 1.41. The van der Waals surface area contributed by atoms with E-state index in [-0.39, 0.29) is 26.0 Å². The van der Waals surface area contributed by atoms with Crippen molar-refractivity contribution < 1.29 is 17.5 Å². The molecule has 1 aromatic heterocycles. The van der Waals surface area contributed by atoms with Gasteiger partial charge < -0.3 is 4.74 Å². The summed E-state index contributed by atoms with van der Waals surface area (Å²) in [4.78, 5) is 3.82. The highest BCUT2D eigenvalue weighted by molar-refractivity contribution is 9.10. The van der Waals surface area contributed by atoms with E-state index in [4.69, 9.17) is 16.3 Å². The van der Waals surface area contributed by atoms with Gasteiger partial charge in [0.15, 0.2) is 11.6 Å². The van der Waals surface area contributed by atoms with Crippen molar-refractivity contribution in [1.82, 2.24) is 9.71 Å². The van der Waals surface area contributed by atoms with Gasteiger partial charge in [-0.25, -0.2) is 22.5 Å². The Hall–Kier alpha value is -1.22. The molecule has 0 atom stereocenters. The predicted molar refractivity (Wildman–Crippen MR) is 79.7 cm³/mol. The zero-order chi connectivity index (χ0) is 15.6. The van der Waals surface area contributed by atoms with Gasteiger partial charge in [-0.2, -0.15) is 0 Å². The van der Waals surface area contributed by atoms with Crippen molar-refractivity contribution in [1.29, 1.82) is 0 Å². The third-order valence-electron chi connectivity index (χ3n) is 2.46. The Balaban J connectivity index is 2.34. The van der Waals surface area contributed by atoms with Gasteiger partial charge in [0.1, 0.15) is 4.90 Å². The summed E-state index contributed by atoms with van der Waals surface area (Å²) in [6.45, 7) is 0. The molecule has 0 radical (unpaired) electrons. The van der Waals surface area contributed by atoms with E-state index in [1.165, 1.54) is 25.2 Å². The van der Waals surface area contributed by atoms with Crippen molar-refractivity contribution in [2.24, 2.45) is 0 Å². The molecule has 0 spiro atoms. The normalized spacial score (nSPS) is 11.4. The minimum Gasteiger partial charge on any atom is -0.435 e. The first-order valence-electron chi connectivity index (χ1n) is 5.55. The summed E-state index contributed by atoms with van der Waals surface area (Å²) in [6.07, 6.45) is 1.11. The second-order valence-corrected chi connectivity index (χ2v) is 7.02. The van der Waals surface area contributed by atoms with Crippen molar-refractivity contribution in [3.8, 4) is 11.6 Å². The van der Waals surface area contributed by atoms with Crippen LogP contribution in [0.4, 0.5) is 4.39 Å². The molecule has 5 nitrogen and oxygen atoms in total. The molecule has 0 amide bonds. The minimum atomic E-state index is -3.61. The Morgan fingerprint density at radius 3 is 2.67 bits per heavy atom. The highest BCUT2D eigenvalue weighted by Gasteiger charge is 2.16. The van der Waals surface area contributed by atoms with Crippen LogP contribution < -0.4 is 9.46 Å². The summed E-state index contributed by atoms with van der Waals surface area (Å²) < 4.78 is 44.6. The van der Waals surface area contributed by atoms with Crippen LogP contribution >= 0.6 is 27.5 Å². The molecule has 0 bridgehead atoms. The summed E-state index contributed by atoms with van der Waals surface area (Å²) in [5.74, 6) is -0.689. The van der Waals surface area contributed by atoms with E-state index in [2.05, 4.69) is 25.6 Å². The lowest BCUT2D eigenvalue weighted by atomic mass is 10.3. The standard InChI is InChI=1S/C12H9BrClFN2O3S/c1-16-21(18,19)8-5-9(13)12(17-6-8)20-11-3-2-7(14)4-10(11)15/h2-6,16H,1H3. The van der Waals surface area contributed by atoms with Crippen LogP contribution in [0.3, 0.4) is 0 Å². The number of aromatic nitrogens is 1. The molecule has 0 unspecified atom stereocenters. The van der Waals surface area contributed by atoms with Gasteiger partial charge in [0.05, 0.1) is 10.7 Å². The van der Waals surface area contributed by atoms with Gasteiger partial charge >= 0.3 is 0 Å². The van der Waals surface area contributed by atoms with Crippen molar-refractivity contribution in [2.45, 2.75) is 4.90 Å². The fourth-order valence-corrected chi connectivity index (χ4v) is 2.85. The Labute approximate surface area is 134 Å². The topological polar surface area (TPSA) is 68.3 Å². The molecule has 9 heteroatoms. The molecule has 1 aromatic carbocycles. The lowest BCUT2D eigenvalue weighted by Gasteiger charge is -2.09. The second kappa shape index (κ2) is 6.27. The monoisotopic (exact) mass is 394 g/mol. The number of benzene rings is 1. The number of nitrogens with zero attached hydrogens (tertiary/aromatic N) is 1. The van der Waals surface area contributed by atoms with Crippen LogP contribution in [-0.4, -0.2) is 20.4 Å². The molecule has 112 valence electrons. The first-order valence-corrected chi connectivity index (χ1v) is 8.21. The summed E-state index contributed by atoms with van der Waals surface area (Å²) >= 11 is 8.78. The average molecular weight is 396 g/mol. The number of hydrogen-bond acceptors (Lipinski definition) is 4. The molecule has 0 saturated heterocycles. The van der Waals surface area contributed by atoms with E-state index in [1.54, 1.807) is 0 Å². The van der Waals surface area contributed by atoms with Gasteiger partial charge in [-0.3, -0.25) is 0 Å². The zero-order valence-electron chi connectivity index (χ0n) is 10.6. The molecule has 0 aliphatic rings. The van der Waals surface area contributed by atoms with Gasteiger partial charge in [0, 0.05) is 5.02 Å². The van der Waals surface area contributed by atoms with Crippen molar-refractivity contribution in [2.75, 3.05) is 7.05 Å². The molecule has 2 aromatic rings. The second-order valence-electron chi connectivity index (χ2n) is 3.84. The maximum atomic E-state index is 13.6. The van der Waals surface area contributed by atoms with Crippen molar-refractivity contribution in [3.63, 3.8) is 0 Å². The molecule has 1 heterocycles. The average Bonchev–Trinajstić information content (AvgIpc) is 2.43. The summed E-state index contributed by atoms with van der Waals surface area (Å²) in [7, 11) is -2.33. The third-order valence-corrected chi connectivity index (χ3v) is 4.65. The number of hydrogen-bond donors (Lipinski definition) is 1. The van der Waals surface area contributed by atoms with Gasteiger partial charge in [0.2, 0.25) is 15.9 Å². The maximum absolute atomic E-state index is 13.6. The quantitative estimate of drug-likeness (QED) is 0.862. The minimum absolute atomic E-state index is 0.0336. The maximum Gasteiger partial charge on any atom is 0.241 e. The van der Waals surface area contributed by atoms with Gasteiger partial charge in [-0.15, -0.1) is 0 Å². The van der Waals surface area contributed by atoms with E-state index < -0.39 is 15.8 Å². The number of pyridine rings is 1. The molecule has 0 aliphatic carbocycles. The van der Waals surface area contributed by atoms with Crippen LogP contribution in [0.5, 0.6) is 11.6 Å². The zero-order valence-corrected chi connectivity index (χ0v) is 13.8. The molecule has 0 saturated carbocycles. The lowest BCUT2D eigenvalue weighted by Crippen LogP contribution is -2.18. The van der Waals surface area contributed by atoms with Crippen LogP contribution in [0.15, 0.2) is 39.8 Å². The molecule has 0 fully saturated rings. The van der Waals surface area contributed by atoms with Crippen LogP contribution in [-0.2, 0) is 10.0 Å². The van der Waals surface area contributed by atoms with Crippen LogP contribution in [0.1, 0.15) is 0 Å². The first-order chi connectivity index (χ1) is 9.83. The van der Waals surface area contributed by atoms with Gasteiger partial charge in [0.25, 0.3) is 0 Å². The Kier molecular flexibility index (Phi) is 4.82. The molecule has 21 heavy (non-hydrogen) atoms. The highest BCUT2D eigenvalue weighted by atomic mass is 79.9. The van der Waals surface area contributed by atoms with E-state index >= 15 is 0 Å². The number of sulfonamides is 1. The summed E-state index contributed by atoms with van der Waals surface area (Å²) in [5, 5.41) is 0.238. The Morgan fingerprint density at radius 1 is 1.38 bits per heavy atom. The fraction of sp³-hybridized carbons (Fsp3) is 0.0833. The largest absolute Gasteiger partial charge is 0.435 e. The van der Waals surface area contributed by atoms with Crippen LogP contribution in [0.2, 0.25) is 5.02 Å². The number of ether oxygens (including phenoxy) is 1. The van der Waals surface area contributed by atoms with E-state index in [0.717, 1.165) is 12.3 Å². The van der Waals surface area contributed by atoms with Crippen molar-refractivity contribution in [3.05, 3.63) is 45.8 Å². The Bertz CT molecular complexity index is 786. The van der Waals surface area contributed by atoms with Crippen molar-refractivity contribution >= 4 is 37.6 Å². The van der Waals surface area contributed by atoms with Gasteiger partial charge in [-0.05, 0) is 47.2 Å². The predicted octanol–water partition coefficient (Wildman–Crippen LogP) is 3.34. The molecule has 0 aliphatic heterocycles. The number of halogens is 3. The third kappa shape index (κ3) is 3.70. The summed E-state index contributed by atoms with van der Waals surface area (Å²) in [5.41, 5.74) is 0. The molecule has 2 rings (SSSR count).